The molecule has 0 spiro atoms. The van der Waals surface area contributed by atoms with E-state index in [0.717, 1.165) is 74.4 Å². The number of aromatic amines is 2. The molecule has 0 saturated carbocycles. The molecule has 10 nitrogen and oxygen atoms in total. The zero-order valence-corrected chi connectivity index (χ0v) is 26.2. The molecule has 0 amide bonds. The number of hydrogen-bond acceptors (Lipinski definition) is 8. The molecule has 2 saturated heterocycles. The first kappa shape index (κ1) is 30.9. The third-order valence-electron chi connectivity index (χ3n) is 9.00. The van der Waals surface area contributed by atoms with Crippen LogP contribution in [0.3, 0.4) is 0 Å². The predicted octanol–water partition coefficient (Wildman–Crippen LogP) is 5.43. The Hall–Kier alpha value is -5.12. The van der Waals surface area contributed by atoms with E-state index < -0.39 is 34.4 Å². The maximum Gasteiger partial charge on any atom is 0.355 e. The molecule has 6 rings (SSSR count). The average molecular weight is 623 g/mol. The van der Waals surface area contributed by atoms with Gasteiger partial charge in [0.15, 0.2) is 5.56 Å². The Morgan fingerprint density at radius 1 is 0.739 bits per heavy atom. The van der Waals surface area contributed by atoms with Crippen molar-refractivity contribution in [2.75, 3.05) is 36.0 Å². The lowest BCUT2D eigenvalue weighted by molar-refractivity contribution is 0.0393. The van der Waals surface area contributed by atoms with Gasteiger partial charge in [-0.3, -0.25) is 9.59 Å². The summed E-state index contributed by atoms with van der Waals surface area (Å²) in [6, 6.07) is 16.8. The molecular weight excluding hydrogens is 584 g/mol. The predicted molar refractivity (Wildman–Crippen MR) is 178 cm³/mol. The van der Waals surface area contributed by atoms with Crippen LogP contribution < -0.4 is 20.9 Å². The van der Waals surface area contributed by atoms with Crippen LogP contribution in [0.1, 0.15) is 71.4 Å². The van der Waals surface area contributed by atoms with Crippen molar-refractivity contribution in [2.24, 2.45) is 0 Å². The SMILES string of the molecule is CCc1cc(C(=O)OC(=O)c2c(O)c(CC)c(-c3ccccc3N3CCCC3)[nH]c2=O)c(=O)[nH]c1-c1ccccc1N1CCCC1. The molecule has 4 aromatic rings. The van der Waals surface area contributed by atoms with Gasteiger partial charge >= 0.3 is 11.9 Å². The van der Waals surface area contributed by atoms with Crippen molar-refractivity contribution >= 4 is 23.3 Å². The van der Waals surface area contributed by atoms with Crippen molar-refractivity contribution < 1.29 is 19.4 Å². The number of esters is 2. The first-order valence-electron chi connectivity index (χ1n) is 16.0. The second-order valence-electron chi connectivity index (χ2n) is 11.8. The minimum absolute atomic E-state index is 0.292. The van der Waals surface area contributed by atoms with Gasteiger partial charge in [0.1, 0.15) is 11.3 Å². The van der Waals surface area contributed by atoms with Crippen LogP contribution in [0.2, 0.25) is 0 Å². The van der Waals surface area contributed by atoms with E-state index in [2.05, 4.69) is 19.8 Å². The molecule has 4 heterocycles. The summed E-state index contributed by atoms with van der Waals surface area (Å²) >= 11 is 0. The second kappa shape index (κ2) is 13.1. The molecule has 0 aliphatic carbocycles. The number of pyridine rings is 2. The molecule has 0 bridgehead atoms. The fourth-order valence-electron chi connectivity index (χ4n) is 6.66. The van der Waals surface area contributed by atoms with E-state index in [1.807, 2.05) is 55.5 Å². The van der Waals surface area contributed by atoms with Crippen molar-refractivity contribution in [3.63, 3.8) is 0 Å². The number of aryl methyl sites for hydroxylation is 1. The number of nitrogens with zero attached hydrogens (tertiary/aromatic N) is 2. The minimum atomic E-state index is -1.33. The molecule has 2 aromatic heterocycles. The zero-order valence-electron chi connectivity index (χ0n) is 26.2. The first-order valence-corrected chi connectivity index (χ1v) is 16.0. The van der Waals surface area contributed by atoms with Gasteiger partial charge < -0.3 is 29.6 Å². The molecule has 0 radical (unpaired) electrons. The van der Waals surface area contributed by atoms with Crippen molar-refractivity contribution in [1.29, 1.82) is 0 Å². The molecule has 238 valence electrons. The number of nitrogens with one attached hydrogen (secondary N) is 2. The van der Waals surface area contributed by atoms with Crippen LogP contribution in [-0.4, -0.2) is 53.2 Å². The summed E-state index contributed by atoms with van der Waals surface area (Å²) in [5.41, 5.74) is 2.90. The number of para-hydroxylation sites is 2. The van der Waals surface area contributed by atoms with Crippen LogP contribution in [0, 0.1) is 0 Å². The van der Waals surface area contributed by atoms with Gasteiger partial charge in [0.25, 0.3) is 11.1 Å². The summed E-state index contributed by atoms with van der Waals surface area (Å²) < 4.78 is 5.07. The Morgan fingerprint density at radius 2 is 1.26 bits per heavy atom. The molecule has 2 aromatic carbocycles. The third kappa shape index (κ3) is 5.71. The van der Waals surface area contributed by atoms with Crippen molar-refractivity contribution in [1.82, 2.24) is 9.97 Å². The molecule has 3 N–H and O–H groups in total. The van der Waals surface area contributed by atoms with Gasteiger partial charge in [0.2, 0.25) is 0 Å². The van der Waals surface area contributed by atoms with Gasteiger partial charge in [-0.1, -0.05) is 50.2 Å². The van der Waals surface area contributed by atoms with Crippen molar-refractivity contribution in [3.05, 3.63) is 97.6 Å². The number of anilines is 2. The van der Waals surface area contributed by atoms with Gasteiger partial charge in [-0.2, -0.15) is 0 Å². The van der Waals surface area contributed by atoms with E-state index >= 15 is 0 Å². The van der Waals surface area contributed by atoms with Crippen LogP contribution >= 0.6 is 0 Å². The lowest BCUT2D eigenvalue weighted by Crippen LogP contribution is -2.27. The quantitative estimate of drug-likeness (QED) is 0.175. The summed E-state index contributed by atoms with van der Waals surface area (Å²) in [6.45, 7) is 7.31. The zero-order chi connectivity index (χ0) is 32.4. The number of aromatic hydroxyl groups is 1. The second-order valence-corrected chi connectivity index (χ2v) is 11.8. The summed E-state index contributed by atoms with van der Waals surface area (Å²) in [4.78, 5) is 63.1. The lowest BCUT2D eigenvalue weighted by Gasteiger charge is -2.23. The van der Waals surface area contributed by atoms with Crippen molar-refractivity contribution in [3.8, 4) is 28.3 Å². The highest BCUT2D eigenvalue weighted by Gasteiger charge is 2.29. The number of H-pyrrole nitrogens is 2. The van der Waals surface area contributed by atoms with Gasteiger partial charge in [0.05, 0.1) is 11.4 Å². The highest BCUT2D eigenvalue weighted by Crippen LogP contribution is 2.37. The molecule has 2 fully saturated rings. The number of carbonyl (C=O) groups excluding carboxylic acids is 2. The normalized spacial score (nSPS) is 14.6. The molecule has 2 aliphatic heterocycles. The highest BCUT2D eigenvalue weighted by molar-refractivity contribution is 6.04. The summed E-state index contributed by atoms with van der Waals surface area (Å²) in [6.07, 6.45) is 5.10. The maximum atomic E-state index is 13.3. The van der Waals surface area contributed by atoms with Crippen LogP contribution in [0.4, 0.5) is 11.4 Å². The standard InChI is InChI=1S/C36H38N4O6/c1-3-22-21-26(33(42)37-30(22)24-13-5-7-15-27(24)39-17-9-10-18-39)35(44)46-36(45)29-32(41)23(4-2)31(38-34(29)43)25-14-6-8-16-28(25)40-19-11-12-20-40/h5-8,13-16,21H,3-4,9-12,17-20H2,1-2H3,(H,37,42)(H2,38,41,43). The third-order valence-corrected chi connectivity index (χ3v) is 9.00. The molecule has 2 aliphatic rings. The van der Waals surface area contributed by atoms with E-state index in [-0.39, 0.29) is 5.56 Å². The topological polar surface area (TPSA) is 136 Å². The summed E-state index contributed by atoms with van der Waals surface area (Å²) in [7, 11) is 0. The van der Waals surface area contributed by atoms with Gasteiger partial charge in [-0.15, -0.1) is 0 Å². The van der Waals surface area contributed by atoms with E-state index in [0.29, 0.717) is 35.4 Å². The Morgan fingerprint density at radius 3 is 1.80 bits per heavy atom. The van der Waals surface area contributed by atoms with Crippen LogP contribution in [-0.2, 0) is 17.6 Å². The lowest BCUT2D eigenvalue weighted by atomic mass is 9.99. The average Bonchev–Trinajstić information content (AvgIpc) is 3.80. The largest absolute Gasteiger partial charge is 0.506 e. The molecular formula is C36H38N4O6. The summed E-state index contributed by atoms with van der Waals surface area (Å²) in [5, 5.41) is 11.2. The fraction of sp³-hybridized carbons (Fsp3) is 0.333. The van der Waals surface area contributed by atoms with Gasteiger partial charge in [-0.25, -0.2) is 9.59 Å². The number of aromatic nitrogens is 2. The number of benzene rings is 2. The van der Waals surface area contributed by atoms with Crippen LogP contribution in [0.25, 0.3) is 22.5 Å². The summed E-state index contributed by atoms with van der Waals surface area (Å²) in [5.74, 6) is -3.09. The number of hydrogen-bond donors (Lipinski definition) is 3. The molecule has 10 heteroatoms. The fourth-order valence-corrected chi connectivity index (χ4v) is 6.66. The maximum absolute atomic E-state index is 13.3. The van der Waals surface area contributed by atoms with Gasteiger partial charge in [0, 0.05) is 54.2 Å². The molecule has 0 unspecified atom stereocenters. The number of rotatable bonds is 8. The van der Waals surface area contributed by atoms with Crippen molar-refractivity contribution in [2.45, 2.75) is 52.4 Å². The Bertz CT molecular complexity index is 1910. The monoisotopic (exact) mass is 622 g/mol. The van der Waals surface area contributed by atoms with E-state index in [1.54, 1.807) is 6.92 Å². The Labute approximate surface area is 266 Å². The number of ether oxygens (including phenoxy) is 1. The Kier molecular flexibility index (Phi) is 8.78. The highest BCUT2D eigenvalue weighted by atomic mass is 16.6. The van der Waals surface area contributed by atoms with Gasteiger partial charge in [-0.05, 0) is 62.3 Å². The smallest absolute Gasteiger partial charge is 0.355 e. The molecule has 46 heavy (non-hydrogen) atoms. The molecule has 0 atom stereocenters. The van der Waals surface area contributed by atoms with Crippen LogP contribution in [0.15, 0.2) is 64.2 Å². The first-order chi connectivity index (χ1) is 22.3. The Balaban J connectivity index is 1.31. The number of carbonyl (C=O) groups is 2. The van der Waals surface area contributed by atoms with E-state index in [9.17, 15) is 24.3 Å². The van der Waals surface area contributed by atoms with Crippen LogP contribution in [0.5, 0.6) is 5.75 Å². The van der Waals surface area contributed by atoms with E-state index in [1.165, 1.54) is 6.07 Å². The van der Waals surface area contributed by atoms with E-state index in [4.69, 9.17) is 4.74 Å². The minimum Gasteiger partial charge on any atom is -0.506 e.